The Morgan fingerprint density at radius 2 is 1.76 bits per heavy atom. The Morgan fingerprint density at radius 3 is 2.41 bits per heavy atom. The fourth-order valence-electron chi connectivity index (χ4n) is 2.87. The Morgan fingerprint density at radius 1 is 1.12 bits per heavy atom. The number of hydrogen-bond acceptors (Lipinski definition) is 2. The lowest BCUT2D eigenvalue weighted by Crippen LogP contribution is -2.21. The van der Waals surface area contributed by atoms with Crippen molar-refractivity contribution in [3.05, 3.63) is 29.8 Å². The summed E-state index contributed by atoms with van der Waals surface area (Å²) in [5, 5.41) is 0. The molecule has 1 aliphatic rings. The van der Waals surface area contributed by atoms with Gasteiger partial charge in [0.1, 0.15) is 0 Å². The van der Waals surface area contributed by atoms with Gasteiger partial charge in [0.25, 0.3) is 0 Å². The molecule has 1 aromatic carbocycles. The van der Waals surface area contributed by atoms with E-state index in [9.17, 15) is 0 Å². The monoisotopic (exact) mass is 249 g/mol. The van der Waals surface area contributed by atoms with Gasteiger partial charge in [-0.05, 0) is 36.6 Å². The van der Waals surface area contributed by atoms with Gasteiger partial charge >= 0.3 is 0 Å². The quantitative estimate of drug-likeness (QED) is 0.635. The van der Waals surface area contributed by atoms with E-state index in [1.54, 1.807) is 0 Å². The van der Waals surface area contributed by atoms with Gasteiger partial charge in [-0.15, -0.1) is 11.8 Å². The van der Waals surface area contributed by atoms with Crippen molar-refractivity contribution in [3.63, 3.8) is 0 Å². The Balaban J connectivity index is 2.14. The van der Waals surface area contributed by atoms with E-state index < -0.39 is 0 Å². The third-order valence-corrected chi connectivity index (χ3v) is 4.72. The zero-order valence-corrected chi connectivity index (χ0v) is 11.5. The lowest BCUT2D eigenvalue weighted by atomic mass is 9.88. The third kappa shape index (κ3) is 3.26. The largest absolute Gasteiger partial charge is 0.324 e. The molecule has 17 heavy (non-hydrogen) atoms. The maximum absolute atomic E-state index is 6.50. The minimum atomic E-state index is 0.233. The van der Waals surface area contributed by atoms with Crippen molar-refractivity contribution in [3.8, 4) is 0 Å². The highest BCUT2D eigenvalue weighted by molar-refractivity contribution is 7.98. The van der Waals surface area contributed by atoms with Crippen LogP contribution in [0.25, 0.3) is 0 Å². The summed E-state index contributed by atoms with van der Waals surface area (Å²) in [6.45, 7) is 0. The molecule has 0 radical (unpaired) electrons. The number of benzene rings is 1. The molecule has 1 aliphatic carbocycles. The van der Waals surface area contributed by atoms with Crippen LogP contribution in [-0.2, 0) is 0 Å². The SMILES string of the molecule is CSc1ccccc1C(N)C1CCCCCC1. The van der Waals surface area contributed by atoms with Gasteiger partial charge in [0, 0.05) is 10.9 Å². The normalized spacial score (nSPS) is 19.9. The molecule has 0 aromatic heterocycles. The standard InChI is InChI=1S/C15H23NS/c1-17-14-11-7-6-10-13(14)15(16)12-8-4-2-3-5-9-12/h6-7,10-12,15H,2-5,8-9,16H2,1H3. The van der Waals surface area contributed by atoms with Crippen LogP contribution < -0.4 is 5.73 Å². The van der Waals surface area contributed by atoms with E-state index in [1.807, 2.05) is 11.8 Å². The summed E-state index contributed by atoms with van der Waals surface area (Å²) in [7, 11) is 0. The van der Waals surface area contributed by atoms with Crippen molar-refractivity contribution in [2.24, 2.45) is 11.7 Å². The van der Waals surface area contributed by atoms with Crippen LogP contribution in [-0.4, -0.2) is 6.26 Å². The zero-order chi connectivity index (χ0) is 12.1. The molecule has 1 unspecified atom stereocenters. The maximum Gasteiger partial charge on any atom is 0.0334 e. The highest BCUT2D eigenvalue weighted by Gasteiger charge is 2.22. The van der Waals surface area contributed by atoms with E-state index in [4.69, 9.17) is 5.73 Å². The second kappa shape index (κ2) is 6.46. The first-order valence-corrected chi connectivity index (χ1v) is 7.94. The molecule has 0 saturated heterocycles. The molecule has 1 aromatic rings. The molecular formula is C15H23NS. The number of thioether (sulfide) groups is 1. The molecule has 0 amide bonds. The molecule has 1 saturated carbocycles. The summed E-state index contributed by atoms with van der Waals surface area (Å²) in [5.41, 5.74) is 7.86. The first-order chi connectivity index (χ1) is 8.33. The van der Waals surface area contributed by atoms with Crippen LogP contribution in [0.4, 0.5) is 0 Å². The van der Waals surface area contributed by atoms with Crippen LogP contribution in [0.1, 0.15) is 50.1 Å². The summed E-state index contributed by atoms with van der Waals surface area (Å²) in [4.78, 5) is 1.35. The Kier molecular flexibility index (Phi) is 4.93. The topological polar surface area (TPSA) is 26.0 Å². The van der Waals surface area contributed by atoms with Gasteiger partial charge in [-0.2, -0.15) is 0 Å². The summed E-state index contributed by atoms with van der Waals surface area (Å²) >= 11 is 1.81. The molecule has 2 N–H and O–H groups in total. The second-order valence-electron chi connectivity index (χ2n) is 5.02. The lowest BCUT2D eigenvalue weighted by molar-refractivity contribution is 0.379. The molecule has 0 spiro atoms. The molecule has 0 aliphatic heterocycles. The van der Waals surface area contributed by atoms with E-state index in [0.29, 0.717) is 5.92 Å². The predicted octanol–water partition coefficient (Wildman–Crippen LogP) is 4.38. The molecular weight excluding hydrogens is 226 g/mol. The molecule has 1 atom stereocenters. The Labute approximate surface area is 109 Å². The van der Waals surface area contributed by atoms with Gasteiger partial charge in [0.15, 0.2) is 0 Å². The summed E-state index contributed by atoms with van der Waals surface area (Å²) in [6, 6.07) is 8.86. The number of hydrogen-bond donors (Lipinski definition) is 1. The molecule has 0 heterocycles. The van der Waals surface area contributed by atoms with Crippen molar-refractivity contribution < 1.29 is 0 Å². The van der Waals surface area contributed by atoms with Crippen LogP contribution in [0, 0.1) is 5.92 Å². The fraction of sp³-hybridized carbons (Fsp3) is 0.600. The van der Waals surface area contributed by atoms with Gasteiger partial charge in [0.05, 0.1) is 0 Å². The van der Waals surface area contributed by atoms with E-state index in [-0.39, 0.29) is 6.04 Å². The second-order valence-corrected chi connectivity index (χ2v) is 5.87. The summed E-state index contributed by atoms with van der Waals surface area (Å²) in [5.74, 6) is 0.686. The number of rotatable bonds is 3. The van der Waals surface area contributed by atoms with Crippen LogP contribution >= 0.6 is 11.8 Å². The van der Waals surface area contributed by atoms with Crippen LogP contribution in [0.2, 0.25) is 0 Å². The molecule has 2 heteroatoms. The van der Waals surface area contributed by atoms with Crippen LogP contribution in [0.5, 0.6) is 0 Å². The molecule has 94 valence electrons. The van der Waals surface area contributed by atoms with Crippen molar-refractivity contribution in [2.45, 2.75) is 49.5 Å². The van der Waals surface area contributed by atoms with Crippen molar-refractivity contribution in [1.29, 1.82) is 0 Å². The average molecular weight is 249 g/mol. The first-order valence-electron chi connectivity index (χ1n) is 6.71. The van der Waals surface area contributed by atoms with E-state index in [1.165, 1.54) is 49.0 Å². The van der Waals surface area contributed by atoms with E-state index >= 15 is 0 Å². The molecule has 1 fully saturated rings. The van der Waals surface area contributed by atoms with Crippen molar-refractivity contribution >= 4 is 11.8 Å². The third-order valence-electron chi connectivity index (χ3n) is 3.91. The summed E-state index contributed by atoms with van der Waals surface area (Å²) in [6.07, 6.45) is 10.3. The van der Waals surface area contributed by atoms with E-state index in [2.05, 4.69) is 30.5 Å². The highest BCUT2D eigenvalue weighted by Crippen LogP contribution is 2.35. The number of nitrogens with two attached hydrogens (primary N) is 1. The minimum Gasteiger partial charge on any atom is -0.324 e. The van der Waals surface area contributed by atoms with Crippen LogP contribution in [0.15, 0.2) is 29.2 Å². The predicted molar refractivity (Wildman–Crippen MR) is 76.3 cm³/mol. The molecule has 0 bridgehead atoms. The van der Waals surface area contributed by atoms with Crippen molar-refractivity contribution in [1.82, 2.24) is 0 Å². The maximum atomic E-state index is 6.50. The fourth-order valence-corrected chi connectivity index (χ4v) is 3.52. The van der Waals surface area contributed by atoms with Crippen molar-refractivity contribution in [2.75, 3.05) is 6.26 Å². The van der Waals surface area contributed by atoms with Gasteiger partial charge < -0.3 is 5.73 Å². The Bertz CT molecular complexity index is 343. The smallest absolute Gasteiger partial charge is 0.0334 e. The minimum absolute atomic E-state index is 0.233. The highest BCUT2D eigenvalue weighted by atomic mass is 32.2. The average Bonchev–Trinajstić information content (AvgIpc) is 2.66. The van der Waals surface area contributed by atoms with Crippen LogP contribution in [0.3, 0.4) is 0 Å². The first kappa shape index (κ1) is 13.0. The Hall–Kier alpha value is -0.470. The van der Waals surface area contributed by atoms with Gasteiger partial charge in [-0.25, -0.2) is 0 Å². The molecule has 2 rings (SSSR count). The van der Waals surface area contributed by atoms with Gasteiger partial charge in [-0.3, -0.25) is 0 Å². The summed E-state index contributed by atoms with van der Waals surface area (Å²) < 4.78 is 0. The lowest BCUT2D eigenvalue weighted by Gasteiger charge is -2.24. The van der Waals surface area contributed by atoms with E-state index in [0.717, 1.165) is 0 Å². The van der Waals surface area contributed by atoms with Gasteiger partial charge in [0.2, 0.25) is 0 Å². The zero-order valence-electron chi connectivity index (χ0n) is 10.7. The van der Waals surface area contributed by atoms with Gasteiger partial charge in [-0.1, -0.05) is 43.9 Å². The molecule has 1 nitrogen and oxygen atoms in total.